The first-order valence-corrected chi connectivity index (χ1v) is 8.46. The van der Waals surface area contributed by atoms with Crippen LogP contribution in [0.5, 0.6) is 0 Å². The Morgan fingerprint density at radius 3 is 2.58 bits per heavy atom. The van der Waals surface area contributed by atoms with Crippen molar-refractivity contribution < 1.29 is 4.74 Å². The molecule has 2 heterocycles. The quantitative estimate of drug-likeness (QED) is 0.848. The summed E-state index contributed by atoms with van der Waals surface area (Å²) in [6.45, 7) is 6.99. The van der Waals surface area contributed by atoms with Crippen molar-refractivity contribution >= 4 is 0 Å². The first-order chi connectivity index (χ1) is 9.43. The van der Waals surface area contributed by atoms with Crippen molar-refractivity contribution in [2.45, 2.75) is 51.0 Å². The fourth-order valence-corrected chi connectivity index (χ4v) is 4.24. The van der Waals surface area contributed by atoms with E-state index in [0.717, 1.165) is 31.1 Å². The lowest BCUT2D eigenvalue weighted by atomic mass is 9.82. The van der Waals surface area contributed by atoms with Gasteiger partial charge in [-0.1, -0.05) is 19.3 Å². The largest absolute Gasteiger partial charge is 0.381 e. The molecule has 0 aromatic heterocycles. The molecule has 1 aliphatic carbocycles. The Morgan fingerprint density at radius 2 is 1.79 bits per heavy atom. The highest BCUT2D eigenvalue weighted by atomic mass is 16.5. The second-order valence-corrected chi connectivity index (χ2v) is 6.72. The third-order valence-electron chi connectivity index (χ3n) is 5.43. The van der Waals surface area contributed by atoms with E-state index in [0.29, 0.717) is 0 Å². The van der Waals surface area contributed by atoms with Gasteiger partial charge in [-0.05, 0) is 37.5 Å². The average molecular weight is 266 g/mol. The predicted octanol–water partition coefficient (Wildman–Crippen LogP) is 2.27. The molecule has 2 saturated heterocycles. The van der Waals surface area contributed by atoms with Crippen LogP contribution in [0.15, 0.2) is 0 Å². The first kappa shape index (κ1) is 13.8. The second kappa shape index (κ2) is 7.05. The lowest BCUT2D eigenvalue weighted by Gasteiger charge is -2.44. The van der Waals surface area contributed by atoms with Crippen molar-refractivity contribution in [3.8, 4) is 0 Å². The molecule has 1 N–H and O–H groups in total. The minimum absolute atomic E-state index is 0.817. The van der Waals surface area contributed by atoms with Crippen molar-refractivity contribution in [1.82, 2.24) is 10.2 Å². The van der Waals surface area contributed by atoms with Gasteiger partial charge in [0.2, 0.25) is 0 Å². The molecule has 3 aliphatic rings. The lowest BCUT2D eigenvalue weighted by molar-refractivity contribution is 0.0271. The van der Waals surface area contributed by atoms with E-state index in [1.807, 2.05) is 0 Å². The Bertz CT molecular complexity index is 259. The summed E-state index contributed by atoms with van der Waals surface area (Å²) in [6.07, 6.45) is 9.89. The van der Waals surface area contributed by atoms with Crippen LogP contribution < -0.4 is 5.32 Å². The van der Waals surface area contributed by atoms with E-state index in [2.05, 4.69) is 10.2 Å². The Kier molecular flexibility index (Phi) is 5.14. The highest BCUT2D eigenvalue weighted by Crippen LogP contribution is 2.30. The van der Waals surface area contributed by atoms with Gasteiger partial charge in [0.25, 0.3) is 0 Å². The van der Waals surface area contributed by atoms with E-state index < -0.39 is 0 Å². The molecular weight excluding hydrogens is 236 g/mol. The zero-order chi connectivity index (χ0) is 12.9. The van der Waals surface area contributed by atoms with E-state index in [1.54, 1.807) is 0 Å². The summed E-state index contributed by atoms with van der Waals surface area (Å²) >= 11 is 0. The van der Waals surface area contributed by atoms with E-state index in [4.69, 9.17) is 4.74 Å². The summed E-state index contributed by atoms with van der Waals surface area (Å²) in [5.41, 5.74) is 0. The van der Waals surface area contributed by atoms with Crippen LogP contribution in [0.3, 0.4) is 0 Å². The van der Waals surface area contributed by atoms with Crippen LogP contribution in [0.4, 0.5) is 0 Å². The monoisotopic (exact) mass is 266 g/mol. The zero-order valence-electron chi connectivity index (χ0n) is 12.3. The average Bonchev–Trinajstić information content (AvgIpc) is 2.50. The highest BCUT2D eigenvalue weighted by Gasteiger charge is 2.32. The number of rotatable bonds is 3. The number of hydrogen-bond acceptors (Lipinski definition) is 3. The van der Waals surface area contributed by atoms with Crippen LogP contribution in [0.25, 0.3) is 0 Å². The van der Waals surface area contributed by atoms with E-state index in [-0.39, 0.29) is 0 Å². The molecule has 3 rings (SSSR count). The smallest absolute Gasteiger partial charge is 0.0469 e. The van der Waals surface area contributed by atoms with Gasteiger partial charge in [0.15, 0.2) is 0 Å². The molecule has 2 aliphatic heterocycles. The maximum absolute atomic E-state index is 5.50. The van der Waals surface area contributed by atoms with Crippen molar-refractivity contribution in [3.05, 3.63) is 0 Å². The first-order valence-electron chi connectivity index (χ1n) is 8.46. The summed E-state index contributed by atoms with van der Waals surface area (Å²) in [7, 11) is 0. The fraction of sp³-hybridized carbons (Fsp3) is 1.00. The molecule has 110 valence electrons. The van der Waals surface area contributed by atoms with Gasteiger partial charge in [-0.2, -0.15) is 0 Å². The normalized spacial score (nSPS) is 32.5. The van der Waals surface area contributed by atoms with E-state index in [1.165, 1.54) is 71.1 Å². The molecule has 1 unspecified atom stereocenters. The zero-order valence-corrected chi connectivity index (χ0v) is 12.3. The third-order valence-corrected chi connectivity index (χ3v) is 5.43. The summed E-state index contributed by atoms with van der Waals surface area (Å²) in [5, 5.41) is 3.63. The van der Waals surface area contributed by atoms with Gasteiger partial charge >= 0.3 is 0 Å². The minimum Gasteiger partial charge on any atom is -0.381 e. The third kappa shape index (κ3) is 3.71. The predicted molar refractivity (Wildman–Crippen MR) is 78.3 cm³/mol. The molecule has 0 aromatic carbocycles. The summed E-state index contributed by atoms with van der Waals surface area (Å²) in [6, 6.07) is 0.817. The Balaban J connectivity index is 1.56. The topological polar surface area (TPSA) is 24.5 Å². The molecule has 0 bridgehead atoms. The van der Waals surface area contributed by atoms with Gasteiger partial charge in [0.1, 0.15) is 0 Å². The molecular formula is C16H30N2O. The molecule has 3 fully saturated rings. The molecule has 19 heavy (non-hydrogen) atoms. The molecule has 1 atom stereocenters. The molecule has 0 radical (unpaired) electrons. The standard InChI is InChI=1S/C16H30N2O/c1-2-4-15(5-3-1)16-12-17-8-9-18(16)13-14-6-10-19-11-7-14/h14-17H,1-13H2. The summed E-state index contributed by atoms with van der Waals surface area (Å²) in [5.74, 6) is 1.85. The van der Waals surface area contributed by atoms with Crippen LogP contribution in [0, 0.1) is 11.8 Å². The number of hydrogen-bond donors (Lipinski definition) is 1. The fourth-order valence-electron chi connectivity index (χ4n) is 4.24. The molecule has 3 nitrogen and oxygen atoms in total. The molecule has 3 heteroatoms. The van der Waals surface area contributed by atoms with Gasteiger partial charge in [-0.15, -0.1) is 0 Å². The number of piperazine rings is 1. The van der Waals surface area contributed by atoms with Crippen molar-refractivity contribution in [1.29, 1.82) is 0 Å². The lowest BCUT2D eigenvalue weighted by Crippen LogP contribution is -2.56. The maximum atomic E-state index is 5.50. The number of nitrogens with one attached hydrogen (secondary N) is 1. The SMILES string of the molecule is C1CCC(C2CNCCN2CC2CCOCC2)CC1. The molecule has 0 spiro atoms. The van der Waals surface area contributed by atoms with Crippen LogP contribution in [0.2, 0.25) is 0 Å². The van der Waals surface area contributed by atoms with E-state index in [9.17, 15) is 0 Å². The summed E-state index contributed by atoms with van der Waals surface area (Å²) < 4.78 is 5.50. The Labute approximate surface area is 118 Å². The second-order valence-electron chi connectivity index (χ2n) is 6.72. The minimum atomic E-state index is 0.817. The van der Waals surface area contributed by atoms with Gasteiger partial charge in [0, 0.05) is 45.4 Å². The maximum Gasteiger partial charge on any atom is 0.0469 e. The van der Waals surface area contributed by atoms with Crippen LogP contribution >= 0.6 is 0 Å². The van der Waals surface area contributed by atoms with Gasteiger partial charge < -0.3 is 10.1 Å². The molecule has 0 aromatic rings. The Hall–Kier alpha value is -0.120. The van der Waals surface area contributed by atoms with Gasteiger partial charge in [0.05, 0.1) is 0 Å². The van der Waals surface area contributed by atoms with Crippen LogP contribution in [0.1, 0.15) is 44.9 Å². The van der Waals surface area contributed by atoms with Crippen molar-refractivity contribution in [3.63, 3.8) is 0 Å². The van der Waals surface area contributed by atoms with Gasteiger partial charge in [-0.25, -0.2) is 0 Å². The van der Waals surface area contributed by atoms with Crippen molar-refractivity contribution in [2.75, 3.05) is 39.4 Å². The summed E-state index contributed by atoms with van der Waals surface area (Å²) in [4.78, 5) is 2.82. The van der Waals surface area contributed by atoms with Crippen LogP contribution in [-0.4, -0.2) is 50.3 Å². The number of nitrogens with zero attached hydrogens (tertiary/aromatic N) is 1. The van der Waals surface area contributed by atoms with Crippen LogP contribution in [-0.2, 0) is 4.74 Å². The number of ether oxygens (including phenoxy) is 1. The molecule has 1 saturated carbocycles. The van der Waals surface area contributed by atoms with Gasteiger partial charge in [-0.3, -0.25) is 4.90 Å². The molecule has 0 amide bonds. The highest BCUT2D eigenvalue weighted by molar-refractivity contribution is 4.88. The van der Waals surface area contributed by atoms with E-state index >= 15 is 0 Å². The Morgan fingerprint density at radius 1 is 1.00 bits per heavy atom. The van der Waals surface area contributed by atoms with Crippen molar-refractivity contribution in [2.24, 2.45) is 11.8 Å².